The van der Waals surface area contributed by atoms with E-state index in [4.69, 9.17) is 4.74 Å². The number of aryl methyl sites for hydroxylation is 1. The van der Waals surface area contributed by atoms with E-state index in [0.29, 0.717) is 5.69 Å². The van der Waals surface area contributed by atoms with Crippen molar-refractivity contribution in [1.82, 2.24) is 4.98 Å². The van der Waals surface area contributed by atoms with Crippen molar-refractivity contribution in [3.05, 3.63) is 29.5 Å². The molecule has 0 amide bonds. The lowest BCUT2D eigenvalue weighted by molar-refractivity contribution is 0.111. The summed E-state index contributed by atoms with van der Waals surface area (Å²) in [5.41, 5.74) is 4.05. The quantitative estimate of drug-likeness (QED) is 0.860. The van der Waals surface area contributed by atoms with Gasteiger partial charge in [0.25, 0.3) is 0 Å². The molecule has 2 aromatic rings. The number of rotatable bonds is 3. The molecule has 1 aromatic carbocycles. The van der Waals surface area contributed by atoms with E-state index in [1.165, 1.54) is 5.69 Å². The second-order valence-electron chi connectivity index (χ2n) is 4.82. The summed E-state index contributed by atoms with van der Waals surface area (Å²) in [4.78, 5) is 16.6. The summed E-state index contributed by atoms with van der Waals surface area (Å²) < 4.78 is 5.37. The molecule has 1 aliphatic rings. The lowest BCUT2D eigenvalue weighted by Gasteiger charge is -2.28. The van der Waals surface area contributed by atoms with Gasteiger partial charge in [-0.1, -0.05) is 13.0 Å². The number of carbonyl (C=O) groups is 1. The molecule has 0 atom stereocenters. The molecule has 100 valence electrons. The maximum atomic E-state index is 11.1. The molecule has 1 aromatic heterocycles. The molecule has 0 unspecified atom stereocenters. The minimum Gasteiger partial charge on any atom is -0.378 e. The van der Waals surface area contributed by atoms with Crippen LogP contribution in [0.2, 0.25) is 0 Å². The average molecular weight is 258 g/mol. The highest BCUT2D eigenvalue weighted by Gasteiger charge is 2.14. The molecule has 1 saturated heterocycles. The predicted molar refractivity (Wildman–Crippen MR) is 76.1 cm³/mol. The Labute approximate surface area is 112 Å². The monoisotopic (exact) mass is 258 g/mol. The van der Waals surface area contributed by atoms with Crippen molar-refractivity contribution in [3.8, 4) is 0 Å². The van der Waals surface area contributed by atoms with Crippen molar-refractivity contribution in [1.29, 1.82) is 0 Å². The predicted octanol–water partition coefficient (Wildman–Crippen LogP) is 2.38. The van der Waals surface area contributed by atoms with Gasteiger partial charge in [0.05, 0.1) is 18.9 Å². The summed E-state index contributed by atoms with van der Waals surface area (Å²) in [5, 5.41) is 1.15. The zero-order valence-corrected chi connectivity index (χ0v) is 11.1. The maximum absolute atomic E-state index is 11.1. The molecule has 3 rings (SSSR count). The standard InChI is InChI=1S/C15H18N2O2/c1-2-12-13-4-3-11(17-5-7-19-8-6-17)9-14(13)16-15(12)10-18/h3-4,9-10,16H,2,5-8H2,1H3. The first-order valence-corrected chi connectivity index (χ1v) is 6.76. The number of carbonyl (C=O) groups excluding carboxylic acids is 1. The van der Waals surface area contributed by atoms with Crippen LogP contribution in [-0.4, -0.2) is 37.6 Å². The Bertz CT molecular complexity index is 597. The topological polar surface area (TPSA) is 45.3 Å². The van der Waals surface area contributed by atoms with Crippen LogP contribution < -0.4 is 4.90 Å². The lowest BCUT2D eigenvalue weighted by atomic mass is 10.1. The maximum Gasteiger partial charge on any atom is 0.166 e. The van der Waals surface area contributed by atoms with Crippen LogP contribution in [0.3, 0.4) is 0 Å². The average Bonchev–Trinajstić information content (AvgIpc) is 2.84. The van der Waals surface area contributed by atoms with Gasteiger partial charge in [-0.2, -0.15) is 0 Å². The van der Waals surface area contributed by atoms with Gasteiger partial charge in [-0.3, -0.25) is 4.79 Å². The third-order valence-corrected chi connectivity index (χ3v) is 3.77. The highest BCUT2D eigenvalue weighted by molar-refractivity contribution is 5.93. The van der Waals surface area contributed by atoms with E-state index in [1.807, 2.05) is 0 Å². The van der Waals surface area contributed by atoms with Gasteiger partial charge >= 0.3 is 0 Å². The number of H-pyrrole nitrogens is 1. The first-order chi connectivity index (χ1) is 9.33. The zero-order chi connectivity index (χ0) is 13.2. The van der Waals surface area contributed by atoms with Crippen LogP contribution in [0.4, 0.5) is 5.69 Å². The SMILES string of the molecule is CCc1c(C=O)[nH]c2cc(N3CCOCC3)ccc12. The fourth-order valence-corrected chi connectivity index (χ4v) is 2.76. The molecule has 0 aliphatic carbocycles. The molecule has 1 fully saturated rings. The molecule has 2 heterocycles. The number of benzene rings is 1. The number of aldehydes is 1. The highest BCUT2D eigenvalue weighted by atomic mass is 16.5. The lowest BCUT2D eigenvalue weighted by Crippen LogP contribution is -2.36. The van der Waals surface area contributed by atoms with Crippen molar-refractivity contribution < 1.29 is 9.53 Å². The Morgan fingerprint density at radius 2 is 2.16 bits per heavy atom. The largest absolute Gasteiger partial charge is 0.378 e. The Morgan fingerprint density at radius 3 is 2.84 bits per heavy atom. The van der Waals surface area contributed by atoms with Crippen molar-refractivity contribution in [2.45, 2.75) is 13.3 Å². The first-order valence-electron chi connectivity index (χ1n) is 6.76. The fraction of sp³-hybridized carbons (Fsp3) is 0.400. The number of hydrogen-bond donors (Lipinski definition) is 1. The van der Waals surface area contributed by atoms with E-state index in [2.05, 4.69) is 35.0 Å². The van der Waals surface area contributed by atoms with E-state index in [0.717, 1.165) is 55.5 Å². The van der Waals surface area contributed by atoms with Gasteiger partial charge < -0.3 is 14.6 Å². The normalized spacial score (nSPS) is 15.9. The van der Waals surface area contributed by atoms with Crippen LogP contribution in [0.15, 0.2) is 18.2 Å². The number of anilines is 1. The summed E-state index contributed by atoms with van der Waals surface area (Å²) in [5.74, 6) is 0. The van der Waals surface area contributed by atoms with Gasteiger partial charge in [-0.15, -0.1) is 0 Å². The van der Waals surface area contributed by atoms with E-state index in [9.17, 15) is 4.79 Å². The Morgan fingerprint density at radius 1 is 1.37 bits per heavy atom. The first kappa shape index (κ1) is 12.2. The summed E-state index contributed by atoms with van der Waals surface area (Å²) in [6.45, 7) is 5.48. The number of morpholine rings is 1. The van der Waals surface area contributed by atoms with Crippen molar-refractivity contribution in [2.24, 2.45) is 0 Å². The second-order valence-corrected chi connectivity index (χ2v) is 4.82. The number of aromatic nitrogens is 1. The van der Waals surface area contributed by atoms with Crippen LogP contribution in [0.25, 0.3) is 10.9 Å². The van der Waals surface area contributed by atoms with E-state index >= 15 is 0 Å². The number of aromatic amines is 1. The third-order valence-electron chi connectivity index (χ3n) is 3.77. The fourth-order valence-electron chi connectivity index (χ4n) is 2.76. The summed E-state index contributed by atoms with van der Waals surface area (Å²) in [6, 6.07) is 6.38. The van der Waals surface area contributed by atoms with Crippen molar-refractivity contribution in [2.75, 3.05) is 31.2 Å². The number of ether oxygens (including phenoxy) is 1. The van der Waals surface area contributed by atoms with Gasteiger partial charge in [0.1, 0.15) is 0 Å². The van der Waals surface area contributed by atoms with E-state index in [1.54, 1.807) is 0 Å². The molecule has 0 radical (unpaired) electrons. The van der Waals surface area contributed by atoms with Gasteiger partial charge in [0.15, 0.2) is 6.29 Å². The zero-order valence-electron chi connectivity index (χ0n) is 11.1. The molecule has 0 saturated carbocycles. The molecular weight excluding hydrogens is 240 g/mol. The van der Waals surface area contributed by atoms with Gasteiger partial charge in [0, 0.05) is 29.7 Å². The molecule has 0 bridgehead atoms. The number of nitrogens with zero attached hydrogens (tertiary/aromatic N) is 1. The number of fused-ring (bicyclic) bond motifs is 1. The van der Waals surface area contributed by atoms with Crippen LogP contribution in [0, 0.1) is 0 Å². The van der Waals surface area contributed by atoms with Crippen LogP contribution in [0.1, 0.15) is 23.0 Å². The van der Waals surface area contributed by atoms with Gasteiger partial charge in [0.2, 0.25) is 0 Å². The highest BCUT2D eigenvalue weighted by Crippen LogP contribution is 2.27. The number of hydrogen-bond acceptors (Lipinski definition) is 3. The van der Waals surface area contributed by atoms with E-state index in [-0.39, 0.29) is 0 Å². The van der Waals surface area contributed by atoms with Crippen molar-refractivity contribution in [3.63, 3.8) is 0 Å². The van der Waals surface area contributed by atoms with Crippen LogP contribution >= 0.6 is 0 Å². The summed E-state index contributed by atoms with van der Waals surface area (Å²) in [6.07, 6.45) is 1.78. The molecule has 1 aliphatic heterocycles. The van der Waals surface area contributed by atoms with Crippen molar-refractivity contribution >= 4 is 22.9 Å². The van der Waals surface area contributed by atoms with Gasteiger partial charge in [-0.25, -0.2) is 0 Å². The van der Waals surface area contributed by atoms with E-state index < -0.39 is 0 Å². The molecule has 19 heavy (non-hydrogen) atoms. The molecular formula is C15H18N2O2. The second kappa shape index (κ2) is 5.05. The Hall–Kier alpha value is -1.81. The Balaban J connectivity index is 2.03. The van der Waals surface area contributed by atoms with Gasteiger partial charge in [-0.05, 0) is 24.1 Å². The molecule has 1 N–H and O–H groups in total. The Kier molecular flexibility index (Phi) is 3.25. The number of nitrogens with one attached hydrogen (secondary N) is 1. The molecule has 4 heteroatoms. The molecule has 0 spiro atoms. The third kappa shape index (κ3) is 2.12. The van der Waals surface area contributed by atoms with Crippen LogP contribution in [0.5, 0.6) is 0 Å². The molecule has 4 nitrogen and oxygen atoms in total. The smallest absolute Gasteiger partial charge is 0.166 e. The summed E-state index contributed by atoms with van der Waals surface area (Å²) in [7, 11) is 0. The minimum absolute atomic E-state index is 0.705. The summed E-state index contributed by atoms with van der Waals surface area (Å²) >= 11 is 0. The minimum atomic E-state index is 0.705. The van der Waals surface area contributed by atoms with Crippen LogP contribution in [-0.2, 0) is 11.2 Å².